The van der Waals surface area contributed by atoms with Crippen LogP contribution in [0.25, 0.3) is 0 Å². The number of rotatable bonds is 7. The highest BCUT2D eigenvalue weighted by Crippen LogP contribution is 2.28. The molecule has 1 aromatic carbocycles. The molecular weight excluding hydrogens is 270 g/mol. The van der Waals surface area contributed by atoms with E-state index in [4.69, 9.17) is 10.5 Å². The monoisotopic (exact) mass is 293 g/mol. The summed E-state index contributed by atoms with van der Waals surface area (Å²) in [5.41, 5.74) is 6.91. The Morgan fingerprint density at radius 1 is 1.33 bits per heavy atom. The maximum atomic E-state index is 12.0. The summed E-state index contributed by atoms with van der Waals surface area (Å²) in [6.45, 7) is 3.47. The van der Waals surface area contributed by atoms with E-state index in [1.54, 1.807) is 18.2 Å². The standard InChI is InChI=1S/C15H23N3O3/c1-4-5-6-12(16)15(20)18-13-9-11(17-10(2)19)7-8-14(13)21-3/h7-9,12H,4-6,16H2,1-3H3,(H,17,19)(H,18,20)/t12-/m0/s1. The molecule has 0 aromatic heterocycles. The van der Waals surface area contributed by atoms with Crippen LogP contribution >= 0.6 is 0 Å². The number of unbranched alkanes of at least 4 members (excludes halogenated alkanes) is 1. The molecule has 4 N–H and O–H groups in total. The van der Waals surface area contributed by atoms with Gasteiger partial charge in [0.15, 0.2) is 0 Å². The van der Waals surface area contributed by atoms with Gasteiger partial charge in [-0.15, -0.1) is 0 Å². The predicted molar refractivity (Wildman–Crippen MR) is 83.4 cm³/mol. The van der Waals surface area contributed by atoms with Gasteiger partial charge in [0.05, 0.1) is 18.8 Å². The lowest BCUT2D eigenvalue weighted by Crippen LogP contribution is -2.35. The fraction of sp³-hybridized carbons (Fsp3) is 0.467. The summed E-state index contributed by atoms with van der Waals surface area (Å²) in [5, 5.41) is 5.40. The number of nitrogens with two attached hydrogens (primary N) is 1. The van der Waals surface area contributed by atoms with Crippen molar-refractivity contribution in [3.8, 4) is 5.75 Å². The van der Waals surface area contributed by atoms with Crippen LogP contribution < -0.4 is 21.1 Å². The smallest absolute Gasteiger partial charge is 0.241 e. The lowest BCUT2D eigenvalue weighted by Gasteiger charge is -2.15. The first kappa shape index (κ1) is 17.0. The number of benzene rings is 1. The summed E-state index contributed by atoms with van der Waals surface area (Å²) >= 11 is 0. The van der Waals surface area contributed by atoms with Crippen molar-refractivity contribution in [2.24, 2.45) is 5.73 Å². The molecule has 1 aromatic rings. The molecular formula is C15H23N3O3. The fourth-order valence-corrected chi connectivity index (χ4v) is 1.87. The average molecular weight is 293 g/mol. The average Bonchev–Trinajstić information content (AvgIpc) is 2.44. The highest BCUT2D eigenvalue weighted by atomic mass is 16.5. The van der Waals surface area contributed by atoms with Crippen molar-refractivity contribution in [2.75, 3.05) is 17.7 Å². The Morgan fingerprint density at radius 2 is 2.05 bits per heavy atom. The second-order valence-corrected chi connectivity index (χ2v) is 4.83. The molecule has 6 nitrogen and oxygen atoms in total. The van der Waals surface area contributed by atoms with E-state index >= 15 is 0 Å². The van der Waals surface area contributed by atoms with Crippen LogP contribution in [0.3, 0.4) is 0 Å². The lowest BCUT2D eigenvalue weighted by atomic mass is 10.1. The molecule has 0 aliphatic rings. The van der Waals surface area contributed by atoms with Gasteiger partial charge >= 0.3 is 0 Å². The zero-order valence-corrected chi connectivity index (χ0v) is 12.7. The number of carbonyl (C=O) groups excluding carboxylic acids is 2. The number of hydrogen-bond donors (Lipinski definition) is 3. The van der Waals surface area contributed by atoms with Crippen molar-refractivity contribution >= 4 is 23.2 Å². The van der Waals surface area contributed by atoms with Crippen LogP contribution in [-0.2, 0) is 9.59 Å². The minimum atomic E-state index is -0.556. The summed E-state index contributed by atoms with van der Waals surface area (Å²) < 4.78 is 5.20. The van der Waals surface area contributed by atoms with Crippen LogP contribution in [0.1, 0.15) is 33.1 Å². The van der Waals surface area contributed by atoms with E-state index in [2.05, 4.69) is 10.6 Å². The third-order valence-electron chi connectivity index (χ3n) is 2.98. The molecule has 0 aliphatic heterocycles. The van der Waals surface area contributed by atoms with Crippen LogP contribution in [0.4, 0.5) is 11.4 Å². The Bertz CT molecular complexity index is 503. The molecule has 0 aliphatic carbocycles. The Balaban J connectivity index is 2.84. The SMILES string of the molecule is CCCC[C@H](N)C(=O)Nc1cc(NC(C)=O)ccc1OC. The number of methoxy groups -OCH3 is 1. The molecule has 1 rings (SSSR count). The summed E-state index contributed by atoms with van der Waals surface area (Å²) in [7, 11) is 1.51. The maximum Gasteiger partial charge on any atom is 0.241 e. The second kappa shape index (κ2) is 8.26. The Hall–Kier alpha value is -2.08. The Morgan fingerprint density at radius 3 is 2.62 bits per heavy atom. The molecule has 2 amide bonds. The van der Waals surface area contributed by atoms with Gasteiger partial charge < -0.3 is 21.1 Å². The molecule has 0 heterocycles. The Labute approximate surface area is 125 Å². The molecule has 6 heteroatoms. The third kappa shape index (κ3) is 5.43. The molecule has 1 atom stereocenters. The number of anilines is 2. The number of nitrogens with one attached hydrogen (secondary N) is 2. The van der Waals surface area contributed by atoms with Gasteiger partial charge in [-0.05, 0) is 24.6 Å². The highest BCUT2D eigenvalue weighted by molar-refractivity contribution is 5.97. The Kier molecular flexibility index (Phi) is 6.68. The quantitative estimate of drug-likeness (QED) is 0.717. The van der Waals surface area contributed by atoms with Gasteiger partial charge in [0, 0.05) is 12.6 Å². The largest absolute Gasteiger partial charge is 0.495 e. The molecule has 116 valence electrons. The van der Waals surface area contributed by atoms with E-state index in [0.717, 1.165) is 12.8 Å². The van der Waals surface area contributed by atoms with Gasteiger partial charge in [-0.2, -0.15) is 0 Å². The van der Waals surface area contributed by atoms with E-state index in [1.165, 1.54) is 14.0 Å². The first-order chi connectivity index (χ1) is 9.97. The van der Waals surface area contributed by atoms with Crippen LogP contribution in [-0.4, -0.2) is 25.0 Å². The molecule has 0 fully saturated rings. The molecule has 0 spiro atoms. The van der Waals surface area contributed by atoms with E-state index < -0.39 is 6.04 Å². The maximum absolute atomic E-state index is 12.0. The summed E-state index contributed by atoms with van der Waals surface area (Å²) in [6.07, 6.45) is 2.52. The van der Waals surface area contributed by atoms with Gasteiger partial charge in [-0.3, -0.25) is 9.59 Å². The zero-order valence-electron chi connectivity index (χ0n) is 12.7. The van der Waals surface area contributed by atoms with Gasteiger partial charge in [-0.25, -0.2) is 0 Å². The van der Waals surface area contributed by atoms with Crippen LogP contribution in [0, 0.1) is 0 Å². The molecule has 0 radical (unpaired) electrons. The lowest BCUT2D eigenvalue weighted by molar-refractivity contribution is -0.117. The van der Waals surface area contributed by atoms with Crippen LogP contribution in [0.15, 0.2) is 18.2 Å². The molecule has 0 bridgehead atoms. The number of ether oxygens (including phenoxy) is 1. The zero-order chi connectivity index (χ0) is 15.8. The van der Waals surface area contributed by atoms with E-state index in [1.807, 2.05) is 6.92 Å². The second-order valence-electron chi connectivity index (χ2n) is 4.83. The van der Waals surface area contributed by atoms with E-state index in [9.17, 15) is 9.59 Å². The third-order valence-corrected chi connectivity index (χ3v) is 2.98. The van der Waals surface area contributed by atoms with Crippen LogP contribution in [0.2, 0.25) is 0 Å². The normalized spacial score (nSPS) is 11.6. The summed E-state index contributed by atoms with van der Waals surface area (Å²) in [6, 6.07) is 4.47. The molecule has 0 saturated carbocycles. The van der Waals surface area contributed by atoms with Crippen molar-refractivity contribution in [1.29, 1.82) is 0 Å². The van der Waals surface area contributed by atoms with Crippen molar-refractivity contribution < 1.29 is 14.3 Å². The minimum Gasteiger partial charge on any atom is -0.495 e. The molecule has 0 unspecified atom stereocenters. The molecule has 21 heavy (non-hydrogen) atoms. The highest BCUT2D eigenvalue weighted by Gasteiger charge is 2.15. The van der Waals surface area contributed by atoms with Gasteiger partial charge in [0.2, 0.25) is 11.8 Å². The van der Waals surface area contributed by atoms with Crippen molar-refractivity contribution in [2.45, 2.75) is 39.2 Å². The number of amides is 2. The van der Waals surface area contributed by atoms with Gasteiger partial charge in [-0.1, -0.05) is 19.8 Å². The first-order valence-corrected chi connectivity index (χ1v) is 7.00. The van der Waals surface area contributed by atoms with Crippen molar-refractivity contribution in [3.63, 3.8) is 0 Å². The predicted octanol–water partition coefficient (Wildman–Crippen LogP) is 2.11. The van der Waals surface area contributed by atoms with E-state index in [-0.39, 0.29) is 11.8 Å². The summed E-state index contributed by atoms with van der Waals surface area (Å²) in [5.74, 6) is 0.0685. The molecule has 0 saturated heterocycles. The number of carbonyl (C=O) groups is 2. The van der Waals surface area contributed by atoms with Crippen LogP contribution in [0.5, 0.6) is 5.75 Å². The van der Waals surface area contributed by atoms with Crippen molar-refractivity contribution in [1.82, 2.24) is 0 Å². The van der Waals surface area contributed by atoms with Crippen molar-refractivity contribution in [3.05, 3.63) is 18.2 Å². The van der Waals surface area contributed by atoms with E-state index in [0.29, 0.717) is 23.5 Å². The first-order valence-electron chi connectivity index (χ1n) is 7.00. The summed E-state index contributed by atoms with van der Waals surface area (Å²) in [4.78, 5) is 23.1. The van der Waals surface area contributed by atoms with Gasteiger partial charge in [0.1, 0.15) is 5.75 Å². The fourth-order valence-electron chi connectivity index (χ4n) is 1.87. The minimum absolute atomic E-state index is 0.183. The topological polar surface area (TPSA) is 93.5 Å². The van der Waals surface area contributed by atoms with Gasteiger partial charge in [0.25, 0.3) is 0 Å². The number of hydrogen-bond acceptors (Lipinski definition) is 4.